The molecule has 2 heterocycles. The molecule has 1 aliphatic rings. The zero-order valence-electron chi connectivity index (χ0n) is 14.1. The van der Waals surface area contributed by atoms with E-state index in [0.29, 0.717) is 16.4 Å². The average Bonchev–Trinajstić information content (AvgIpc) is 3.18. The summed E-state index contributed by atoms with van der Waals surface area (Å²) >= 11 is 11.8. The van der Waals surface area contributed by atoms with E-state index in [1.807, 2.05) is 19.1 Å². The van der Waals surface area contributed by atoms with Gasteiger partial charge < -0.3 is 5.73 Å². The first-order valence-corrected chi connectivity index (χ1v) is 10.6. The molecular weight excluding hydrogens is 472 g/mol. The predicted octanol–water partition coefficient (Wildman–Crippen LogP) is 4.27. The summed E-state index contributed by atoms with van der Waals surface area (Å²) < 4.78 is 0.996. The molecule has 2 amide bonds. The summed E-state index contributed by atoms with van der Waals surface area (Å²) in [6.07, 6.45) is 0.0584. The van der Waals surface area contributed by atoms with Crippen LogP contribution in [0, 0.1) is 0 Å². The second-order valence-electron chi connectivity index (χ2n) is 5.58. The van der Waals surface area contributed by atoms with Crippen LogP contribution in [-0.2, 0) is 9.59 Å². The third-order valence-corrected chi connectivity index (χ3v) is 6.64. The Balaban J connectivity index is 1.69. The number of carbonyl (C=O) groups excluding carboxylic acids is 2. The molecule has 140 valence electrons. The standard InChI is InChI=1S/C17H14BrClN4O2S2/c1-9(12-6-7-14(18)26-12)21-22-17(20)27-13-8-15(24)23(16(13)25)11-4-2-10(19)3-5-11/h2-7,13H,8H2,1H3,(H2,20,22). The number of rotatable bonds is 4. The number of amides is 2. The maximum atomic E-state index is 12.6. The molecule has 1 unspecified atom stereocenters. The van der Waals surface area contributed by atoms with Crippen LogP contribution in [0.2, 0.25) is 5.02 Å². The lowest BCUT2D eigenvalue weighted by Gasteiger charge is -2.14. The van der Waals surface area contributed by atoms with Crippen molar-refractivity contribution in [2.24, 2.45) is 15.9 Å². The van der Waals surface area contributed by atoms with Gasteiger partial charge in [0.25, 0.3) is 0 Å². The van der Waals surface area contributed by atoms with Gasteiger partial charge in [-0.15, -0.1) is 16.4 Å². The molecule has 10 heteroatoms. The Hall–Kier alpha value is -1.68. The smallest absolute Gasteiger partial charge is 0.247 e. The van der Waals surface area contributed by atoms with Crippen LogP contribution in [0.25, 0.3) is 0 Å². The number of amidine groups is 1. The molecule has 0 saturated carbocycles. The van der Waals surface area contributed by atoms with Crippen LogP contribution >= 0.6 is 50.6 Å². The second kappa shape index (κ2) is 8.55. The van der Waals surface area contributed by atoms with Crippen molar-refractivity contribution in [2.75, 3.05) is 4.90 Å². The molecule has 1 atom stereocenters. The van der Waals surface area contributed by atoms with Crippen molar-refractivity contribution in [3.63, 3.8) is 0 Å². The summed E-state index contributed by atoms with van der Waals surface area (Å²) in [5, 5.41) is 8.13. The number of thioether (sulfide) groups is 1. The number of hydrogen-bond donors (Lipinski definition) is 1. The third kappa shape index (κ3) is 4.78. The fourth-order valence-corrected chi connectivity index (χ4v) is 4.67. The van der Waals surface area contributed by atoms with Crippen molar-refractivity contribution < 1.29 is 9.59 Å². The predicted molar refractivity (Wildman–Crippen MR) is 116 cm³/mol. The van der Waals surface area contributed by atoms with Gasteiger partial charge in [-0.25, -0.2) is 4.90 Å². The lowest BCUT2D eigenvalue weighted by atomic mass is 10.3. The minimum Gasteiger partial charge on any atom is -0.377 e. The Morgan fingerprint density at radius 3 is 2.59 bits per heavy atom. The Morgan fingerprint density at radius 1 is 1.26 bits per heavy atom. The van der Waals surface area contributed by atoms with E-state index in [2.05, 4.69) is 26.1 Å². The van der Waals surface area contributed by atoms with E-state index in [0.717, 1.165) is 25.3 Å². The number of hydrogen-bond acceptors (Lipinski definition) is 6. The molecule has 1 aromatic carbocycles. The first kappa shape index (κ1) is 20.1. The number of thiophene rings is 1. The monoisotopic (exact) mass is 484 g/mol. The number of nitrogens with zero attached hydrogens (tertiary/aromatic N) is 3. The molecule has 0 spiro atoms. The molecular formula is C17H14BrClN4O2S2. The summed E-state index contributed by atoms with van der Waals surface area (Å²) in [5.74, 6) is -0.607. The number of carbonyl (C=O) groups is 2. The van der Waals surface area contributed by atoms with E-state index in [1.54, 1.807) is 24.3 Å². The van der Waals surface area contributed by atoms with Crippen LogP contribution in [0.4, 0.5) is 5.69 Å². The van der Waals surface area contributed by atoms with Gasteiger partial charge in [-0.1, -0.05) is 23.4 Å². The molecule has 1 aliphatic heterocycles. The van der Waals surface area contributed by atoms with E-state index >= 15 is 0 Å². The van der Waals surface area contributed by atoms with E-state index in [9.17, 15) is 9.59 Å². The van der Waals surface area contributed by atoms with Gasteiger partial charge in [-0.05, 0) is 59.3 Å². The molecule has 1 saturated heterocycles. The number of imide groups is 1. The zero-order chi connectivity index (χ0) is 19.6. The van der Waals surface area contributed by atoms with E-state index in [-0.39, 0.29) is 23.4 Å². The van der Waals surface area contributed by atoms with Crippen LogP contribution in [0.15, 0.2) is 50.4 Å². The Labute approximate surface area is 177 Å². The fraction of sp³-hybridized carbons (Fsp3) is 0.176. The Bertz CT molecular complexity index is 943. The normalized spacial score (nSPS) is 18.5. The van der Waals surface area contributed by atoms with Gasteiger partial charge in [0.05, 0.1) is 20.1 Å². The number of anilines is 1. The second-order valence-corrected chi connectivity index (χ2v) is 9.70. The van der Waals surface area contributed by atoms with E-state index in [1.165, 1.54) is 11.3 Å². The first-order chi connectivity index (χ1) is 12.8. The lowest BCUT2D eigenvalue weighted by molar-refractivity contribution is -0.121. The van der Waals surface area contributed by atoms with Crippen molar-refractivity contribution in [1.82, 2.24) is 0 Å². The van der Waals surface area contributed by atoms with Crippen LogP contribution in [0.1, 0.15) is 18.2 Å². The molecule has 1 aromatic heterocycles. The molecule has 0 aliphatic carbocycles. The highest BCUT2D eigenvalue weighted by Crippen LogP contribution is 2.30. The molecule has 1 fully saturated rings. The van der Waals surface area contributed by atoms with E-state index in [4.69, 9.17) is 17.3 Å². The zero-order valence-corrected chi connectivity index (χ0v) is 18.0. The van der Waals surface area contributed by atoms with Crippen LogP contribution in [0.3, 0.4) is 0 Å². The van der Waals surface area contributed by atoms with Crippen molar-refractivity contribution in [2.45, 2.75) is 18.6 Å². The maximum absolute atomic E-state index is 12.6. The SMILES string of the molecule is CC(=N/N=C(\N)SC1CC(=O)N(c2ccc(Cl)cc2)C1=O)c1ccc(Br)s1. The summed E-state index contributed by atoms with van der Waals surface area (Å²) in [6.45, 7) is 1.83. The number of nitrogens with two attached hydrogens (primary N) is 1. The average molecular weight is 486 g/mol. The van der Waals surface area contributed by atoms with Gasteiger partial charge in [-0.3, -0.25) is 9.59 Å². The van der Waals surface area contributed by atoms with Crippen LogP contribution < -0.4 is 10.6 Å². The molecule has 27 heavy (non-hydrogen) atoms. The number of benzene rings is 1. The van der Waals surface area contributed by atoms with Gasteiger partial charge in [-0.2, -0.15) is 5.10 Å². The summed E-state index contributed by atoms with van der Waals surface area (Å²) in [5.41, 5.74) is 7.10. The van der Waals surface area contributed by atoms with Crippen molar-refractivity contribution >= 4 is 79.0 Å². The molecule has 2 aromatic rings. The fourth-order valence-electron chi connectivity index (χ4n) is 2.41. The maximum Gasteiger partial charge on any atom is 0.247 e. The van der Waals surface area contributed by atoms with E-state index < -0.39 is 5.25 Å². The van der Waals surface area contributed by atoms with Crippen LogP contribution in [0.5, 0.6) is 0 Å². The van der Waals surface area contributed by atoms with Gasteiger partial charge in [0, 0.05) is 11.4 Å². The van der Waals surface area contributed by atoms with Gasteiger partial charge in [0.15, 0.2) is 5.17 Å². The summed E-state index contributed by atoms with van der Waals surface area (Å²) in [7, 11) is 0. The van der Waals surface area contributed by atoms with Crippen molar-refractivity contribution in [3.8, 4) is 0 Å². The van der Waals surface area contributed by atoms with Gasteiger partial charge >= 0.3 is 0 Å². The van der Waals surface area contributed by atoms with Crippen molar-refractivity contribution in [3.05, 3.63) is 50.1 Å². The Kier molecular flexibility index (Phi) is 6.36. The van der Waals surface area contributed by atoms with Crippen molar-refractivity contribution in [1.29, 1.82) is 0 Å². The number of halogens is 2. The third-order valence-electron chi connectivity index (χ3n) is 3.68. The largest absolute Gasteiger partial charge is 0.377 e. The minimum atomic E-state index is -0.622. The highest BCUT2D eigenvalue weighted by Gasteiger charge is 2.40. The molecule has 0 radical (unpaired) electrons. The summed E-state index contributed by atoms with van der Waals surface area (Å²) in [6, 6.07) is 10.4. The molecule has 0 bridgehead atoms. The highest BCUT2D eigenvalue weighted by molar-refractivity contribution is 9.11. The minimum absolute atomic E-state index is 0.0584. The lowest BCUT2D eigenvalue weighted by Crippen LogP contribution is -2.31. The summed E-state index contributed by atoms with van der Waals surface area (Å²) in [4.78, 5) is 27.0. The van der Waals surface area contributed by atoms with Gasteiger partial charge in [0.2, 0.25) is 11.8 Å². The molecule has 2 N–H and O–H groups in total. The highest BCUT2D eigenvalue weighted by atomic mass is 79.9. The topological polar surface area (TPSA) is 88.1 Å². The van der Waals surface area contributed by atoms with Gasteiger partial charge in [0.1, 0.15) is 5.25 Å². The first-order valence-electron chi connectivity index (χ1n) is 7.77. The molecule has 3 rings (SSSR count). The van der Waals surface area contributed by atoms with Crippen LogP contribution in [-0.4, -0.2) is 27.9 Å². The quantitative estimate of drug-likeness (QED) is 0.303. The molecule has 6 nitrogen and oxygen atoms in total. The Morgan fingerprint density at radius 2 is 1.96 bits per heavy atom.